The summed E-state index contributed by atoms with van der Waals surface area (Å²) < 4.78 is 85.0. The van der Waals surface area contributed by atoms with Crippen molar-refractivity contribution in [1.82, 2.24) is 39.0 Å². The number of halogens is 1. The van der Waals surface area contributed by atoms with Crippen molar-refractivity contribution in [2.24, 2.45) is 0 Å². The van der Waals surface area contributed by atoms with E-state index in [1.807, 2.05) is 0 Å². The van der Waals surface area contributed by atoms with Gasteiger partial charge in [-0.3, -0.25) is 31.8 Å². The standard InChI is InChI=1S/C21H25FN10O10P2S/c1-36-43(34)37-2-8-13(33)15(21(39-8)32-7-30-12-17(24)26-5-28-19(12)32)42-44(35,45)38-3-9-14(41-43)10(22)20(40-9)31-6-29-11-16(23)25-4-27-18(11)31/h4-10,13-15,20-21,33H,2-3H2,1H3,(H,35,45)(H2,23,25,27)(H2,24,26,28)/t8-,9-,10?,13?,14?,15?,20?,21?,43?,44+/m1/s1. The van der Waals surface area contributed by atoms with Crippen molar-refractivity contribution in [1.29, 1.82) is 0 Å². The fourth-order valence-electron chi connectivity index (χ4n) is 5.28. The van der Waals surface area contributed by atoms with Gasteiger partial charge in [-0.05, 0) is 0 Å². The molecule has 0 spiro atoms. The van der Waals surface area contributed by atoms with E-state index in [0.29, 0.717) is 0 Å². The molecular weight excluding hydrogens is 665 g/mol. The SMILES string of the molecule is COP1(=O)OC[C@H]2OC(n3cnc4c(N)ncnc43)C(O[P@@](=O)(S)OC[C@H]3OC(n4cnc5c(N)ncnc54)C(F)C3O1)C2O. The largest absolute Gasteiger partial charge is 0.475 e. The quantitative estimate of drug-likeness (QED) is 0.172. The van der Waals surface area contributed by atoms with Crippen LogP contribution in [0.2, 0.25) is 0 Å². The normalized spacial score (nSPS) is 37.7. The van der Waals surface area contributed by atoms with Gasteiger partial charge in [-0.25, -0.2) is 43.4 Å². The third-order valence-electron chi connectivity index (χ3n) is 7.43. The number of anilines is 2. The molecule has 3 aliphatic heterocycles. The Kier molecular flexibility index (Phi) is 7.81. The first kappa shape index (κ1) is 30.8. The summed E-state index contributed by atoms with van der Waals surface area (Å²) in [5.41, 5.74) is 12.5. The minimum Gasteiger partial charge on any atom is -0.387 e. The Morgan fingerprint density at radius 1 is 0.889 bits per heavy atom. The number of aliphatic hydroxyl groups excluding tert-OH is 1. The second-order valence-electron chi connectivity index (χ2n) is 10.1. The summed E-state index contributed by atoms with van der Waals surface area (Å²) in [6, 6.07) is 0. The average Bonchev–Trinajstić information content (AvgIpc) is 3.77. The van der Waals surface area contributed by atoms with Gasteiger partial charge in [0.05, 0.1) is 25.9 Å². The van der Waals surface area contributed by atoms with Crippen molar-refractivity contribution in [2.45, 2.75) is 49.1 Å². The number of phosphoric acid groups is 1. The van der Waals surface area contributed by atoms with E-state index in [0.717, 1.165) is 7.11 Å². The van der Waals surface area contributed by atoms with Gasteiger partial charge in [0.1, 0.15) is 54.2 Å². The molecule has 5 N–H and O–H groups in total. The second kappa shape index (κ2) is 11.4. The van der Waals surface area contributed by atoms with Gasteiger partial charge in [-0.15, -0.1) is 0 Å². The van der Waals surface area contributed by atoms with Gasteiger partial charge in [-0.1, -0.05) is 12.2 Å². The van der Waals surface area contributed by atoms with Crippen molar-refractivity contribution < 1.29 is 50.7 Å². The highest BCUT2D eigenvalue weighted by atomic mass is 32.7. The predicted octanol–water partition coefficient (Wildman–Crippen LogP) is 0.934. The molecule has 242 valence electrons. The van der Waals surface area contributed by atoms with Gasteiger partial charge in [0.2, 0.25) is 0 Å². The van der Waals surface area contributed by atoms with Gasteiger partial charge in [0.15, 0.2) is 41.6 Å². The van der Waals surface area contributed by atoms with Crippen LogP contribution >= 0.6 is 26.9 Å². The Morgan fingerprint density at radius 2 is 1.47 bits per heavy atom. The van der Waals surface area contributed by atoms with Gasteiger partial charge in [0, 0.05) is 7.11 Å². The minimum atomic E-state index is -4.57. The van der Waals surface area contributed by atoms with Crippen LogP contribution in [-0.2, 0) is 41.2 Å². The van der Waals surface area contributed by atoms with Crippen molar-refractivity contribution in [2.75, 3.05) is 31.8 Å². The number of imidazole rings is 2. The van der Waals surface area contributed by atoms with E-state index < -0.39 is 77.0 Å². The van der Waals surface area contributed by atoms with E-state index in [4.69, 9.17) is 43.6 Å². The Balaban J connectivity index is 1.22. The van der Waals surface area contributed by atoms with E-state index in [1.165, 1.54) is 34.4 Å². The number of fused-ring (bicyclic) bond motifs is 5. The minimum absolute atomic E-state index is 0.0525. The highest BCUT2D eigenvalue weighted by Crippen LogP contribution is 2.59. The van der Waals surface area contributed by atoms with Crippen molar-refractivity contribution in [3.63, 3.8) is 0 Å². The van der Waals surface area contributed by atoms with E-state index in [-0.39, 0.29) is 34.0 Å². The summed E-state index contributed by atoms with van der Waals surface area (Å²) in [7, 11) is -3.54. The zero-order valence-corrected chi connectivity index (χ0v) is 25.6. The maximum absolute atomic E-state index is 16.1. The maximum Gasteiger partial charge on any atom is 0.475 e. The number of alkyl halides is 1. The molecule has 7 heterocycles. The summed E-state index contributed by atoms with van der Waals surface area (Å²) in [6.07, 6.45) is -7.11. The first-order chi connectivity index (χ1) is 21.5. The Morgan fingerprint density at radius 3 is 2.09 bits per heavy atom. The molecule has 3 fully saturated rings. The number of nitrogens with zero attached hydrogens (tertiary/aromatic N) is 8. The molecule has 45 heavy (non-hydrogen) atoms. The number of ether oxygens (including phenoxy) is 2. The van der Waals surface area contributed by atoms with Crippen molar-refractivity contribution in [3.05, 3.63) is 25.3 Å². The first-order valence-corrected chi connectivity index (χ1v) is 17.3. The van der Waals surface area contributed by atoms with Gasteiger partial charge in [-0.2, -0.15) is 0 Å². The van der Waals surface area contributed by atoms with Crippen molar-refractivity contribution >= 4 is 60.8 Å². The molecule has 0 saturated carbocycles. The summed E-state index contributed by atoms with van der Waals surface area (Å²) in [5.74, 6) is 0.130. The summed E-state index contributed by atoms with van der Waals surface area (Å²) in [6.45, 7) is -5.62. The lowest BCUT2D eigenvalue weighted by atomic mass is 10.1. The van der Waals surface area contributed by atoms with Crippen LogP contribution in [0, 0.1) is 0 Å². The lowest BCUT2D eigenvalue weighted by Gasteiger charge is -2.26. The van der Waals surface area contributed by atoms with Gasteiger partial charge >= 0.3 is 14.6 Å². The molecule has 2 bridgehead atoms. The molecule has 3 saturated heterocycles. The molecule has 0 radical (unpaired) electrons. The van der Waals surface area contributed by atoms with E-state index >= 15 is 4.39 Å². The number of thiol groups is 1. The smallest absolute Gasteiger partial charge is 0.387 e. The van der Waals surface area contributed by atoms with Crippen LogP contribution in [0.4, 0.5) is 16.0 Å². The molecule has 0 aromatic carbocycles. The summed E-state index contributed by atoms with van der Waals surface area (Å²) in [5, 5.41) is 11.2. The predicted molar refractivity (Wildman–Crippen MR) is 151 cm³/mol. The average molecular weight is 691 g/mol. The zero-order chi connectivity index (χ0) is 31.7. The Hall–Kier alpha value is -2.88. The van der Waals surface area contributed by atoms with Crippen LogP contribution in [0.3, 0.4) is 0 Å². The molecule has 4 aromatic heterocycles. The van der Waals surface area contributed by atoms with Crippen LogP contribution < -0.4 is 11.5 Å². The molecule has 20 nitrogen and oxygen atoms in total. The molecule has 7 unspecified atom stereocenters. The molecule has 24 heteroatoms. The number of phosphoric ester groups is 1. The Bertz CT molecular complexity index is 1850. The number of hydrogen-bond donors (Lipinski definition) is 4. The fourth-order valence-corrected chi connectivity index (χ4v) is 7.87. The van der Waals surface area contributed by atoms with Crippen LogP contribution in [0.25, 0.3) is 22.3 Å². The fraction of sp³-hybridized carbons (Fsp3) is 0.524. The first-order valence-electron chi connectivity index (χ1n) is 13.1. The van der Waals surface area contributed by atoms with E-state index in [2.05, 4.69) is 42.2 Å². The number of nitrogens with two attached hydrogens (primary N) is 2. The van der Waals surface area contributed by atoms with Crippen LogP contribution in [0.15, 0.2) is 25.3 Å². The van der Waals surface area contributed by atoms with Crippen LogP contribution in [-0.4, -0.2) is 101 Å². The summed E-state index contributed by atoms with van der Waals surface area (Å²) >= 11 is 4.08. The molecule has 0 aliphatic carbocycles. The third kappa shape index (κ3) is 5.38. The third-order valence-corrected chi connectivity index (χ3v) is 10.5. The number of hydrogen-bond acceptors (Lipinski definition) is 18. The number of aliphatic hydroxyl groups is 1. The molecule has 0 amide bonds. The zero-order valence-electron chi connectivity index (χ0n) is 22.9. The topological polar surface area (TPSA) is 258 Å². The molecule has 10 atom stereocenters. The molecule has 7 rings (SSSR count). The van der Waals surface area contributed by atoms with E-state index in [1.54, 1.807) is 0 Å². The molecular formula is C21H25FN10O10P2S. The number of nitrogen functional groups attached to an aromatic ring is 2. The number of aromatic nitrogens is 8. The van der Waals surface area contributed by atoms with Crippen LogP contribution in [0.1, 0.15) is 12.5 Å². The monoisotopic (exact) mass is 690 g/mol. The van der Waals surface area contributed by atoms with Crippen molar-refractivity contribution in [3.8, 4) is 0 Å². The van der Waals surface area contributed by atoms with E-state index in [9.17, 15) is 14.2 Å². The lowest BCUT2D eigenvalue weighted by molar-refractivity contribution is -0.0629. The maximum atomic E-state index is 16.1. The summed E-state index contributed by atoms with van der Waals surface area (Å²) in [4.78, 5) is 24.3. The number of rotatable bonds is 3. The lowest BCUT2D eigenvalue weighted by Crippen LogP contribution is -2.35. The highest BCUT2D eigenvalue weighted by Gasteiger charge is 2.54. The Labute approximate surface area is 256 Å². The van der Waals surface area contributed by atoms with Gasteiger partial charge < -0.3 is 26.0 Å². The van der Waals surface area contributed by atoms with Gasteiger partial charge in [0.25, 0.3) is 0 Å². The van der Waals surface area contributed by atoms with Crippen LogP contribution in [0.5, 0.6) is 0 Å². The molecule has 3 aliphatic rings. The highest BCUT2D eigenvalue weighted by molar-refractivity contribution is 8.44. The second-order valence-corrected chi connectivity index (χ2v) is 14.7. The molecule has 4 aromatic rings.